The van der Waals surface area contributed by atoms with Crippen LogP contribution in [0.2, 0.25) is 0 Å². The van der Waals surface area contributed by atoms with Crippen LogP contribution in [0.4, 0.5) is 0 Å². The number of aromatic nitrogens is 2. The van der Waals surface area contributed by atoms with Gasteiger partial charge in [0.05, 0.1) is 33.6 Å². The van der Waals surface area contributed by atoms with Crippen molar-refractivity contribution in [1.29, 1.82) is 0 Å². The summed E-state index contributed by atoms with van der Waals surface area (Å²) in [6, 6.07) is 16.6. The maximum Gasteiger partial charge on any atom is 0.124 e. The highest BCUT2D eigenvalue weighted by Gasteiger charge is 2.29. The first-order valence-electron chi connectivity index (χ1n) is 10.6. The van der Waals surface area contributed by atoms with Crippen molar-refractivity contribution in [2.75, 3.05) is 39.4 Å². The molecule has 166 valence electrons. The van der Waals surface area contributed by atoms with Crippen molar-refractivity contribution < 1.29 is 9.47 Å². The van der Waals surface area contributed by atoms with E-state index < -0.39 is 0 Å². The number of para-hydroxylation sites is 2. The van der Waals surface area contributed by atoms with Crippen LogP contribution < -0.4 is 0 Å². The number of hydrogen-bond acceptors (Lipinski definition) is 10. The van der Waals surface area contributed by atoms with Gasteiger partial charge in [0.25, 0.3) is 0 Å². The Kier molecular flexibility index (Phi) is 6.36. The number of nitrogens with zero attached hydrogens (tertiary/aromatic N) is 4. The van der Waals surface area contributed by atoms with Gasteiger partial charge in [-0.05, 0) is 24.3 Å². The summed E-state index contributed by atoms with van der Waals surface area (Å²) in [5.74, 6) is 0. The van der Waals surface area contributed by atoms with Gasteiger partial charge in [-0.25, -0.2) is 18.6 Å². The smallest absolute Gasteiger partial charge is 0.124 e. The van der Waals surface area contributed by atoms with Crippen LogP contribution in [-0.4, -0.2) is 58.0 Å². The Morgan fingerprint density at radius 2 is 1.19 bits per heavy atom. The lowest BCUT2D eigenvalue weighted by Crippen LogP contribution is -2.36. The Hall–Kier alpha value is -1.24. The zero-order valence-electron chi connectivity index (χ0n) is 17.3. The Morgan fingerprint density at radius 1 is 0.719 bits per heavy atom. The molecule has 32 heavy (non-hydrogen) atoms. The second-order valence-corrected chi connectivity index (χ2v) is 12.0. The first-order valence-corrected chi connectivity index (χ1v) is 14.3. The van der Waals surface area contributed by atoms with E-state index in [9.17, 15) is 0 Å². The molecule has 6 nitrogen and oxygen atoms in total. The fraction of sp³-hybridized carbons (Fsp3) is 0.364. The number of ether oxygens (including phenoxy) is 2. The van der Waals surface area contributed by atoms with Crippen LogP contribution in [0.5, 0.6) is 0 Å². The van der Waals surface area contributed by atoms with Crippen molar-refractivity contribution in [2.24, 2.45) is 0 Å². The summed E-state index contributed by atoms with van der Waals surface area (Å²) in [5.41, 5.74) is 2.12. The van der Waals surface area contributed by atoms with Gasteiger partial charge in [0, 0.05) is 48.1 Å². The Morgan fingerprint density at radius 3 is 1.66 bits per heavy atom. The maximum atomic E-state index is 6.06. The van der Waals surface area contributed by atoms with Gasteiger partial charge < -0.3 is 9.47 Å². The minimum absolute atomic E-state index is 0.0365. The molecule has 2 aliphatic rings. The monoisotopic (exact) mass is 502 g/mol. The summed E-state index contributed by atoms with van der Waals surface area (Å²) in [6.07, 6.45) is 0.0730. The lowest BCUT2D eigenvalue weighted by atomic mass is 10.3. The number of rotatable bonds is 5. The standard InChI is InChI=1S/C22H22N4O2S4/c1-3-7-19-15(5-1)23-21(29-19)17-13-25(9-11-27-17)31-32-26-10-12-28-18(14-26)22-24-16-6-2-4-8-20(16)30-22/h1-8,17-18H,9-14H2. The van der Waals surface area contributed by atoms with Gasteiger partial charge in [-0.3, -0.25) is 0 Å². The van der Waals surface area contributed by atoms with Crippen LogP contribution in [0.25, 0.3) is 20.4 Å². The molecule has 2 aromatic heterocycles. The van der Waals surface area contributed by atoms with E-state index in [0.717, 1.165) is 60.4 Å². The van der Waals surface area contributed by atoms with E-state index in [1.807, 2.05) is 34.1 Å². The van der Waals surface area contributed by atoms with Crippen molar-refractivity contribution in [3.8, 4) is 0 Å². The van der Waals surface area contributed by atoms with E-state index in [-0.39, 0.29) is 12.2 Å². The van der Waals surface area contributed by atoms with Crippen LogP contribution in [0, 0.1) is 0 Å². The van der Waals surface area contributed by atoms with Gasteiger partial charge >= 0.3 is 0 Å². The van der Waals surface area contributed by atoms with E-state index in [2.05, 4.69) is 45.0 Å². The highest BCUT2D eigenvalue weighted by atomic mass is 33.1. The SMILES string of the molecule is c1ccc2sc(C3CN(SSN4CCOC(c5nc6ccccc6s5)C4)CCO3)nc2c1. The minimum Gasteiger partial charge on any atom is -0.368 e. The molecule has 2 aromatic carbocycles. The molecule has 0 amide bonds. The van der Waals surface area contributed by atoms with Crippen LogP contribution in [0.3, 0.4) is 0 Å². The first-order chi connectivity index (χ1) is 15.8. The van der Waals surface area contributed by atoms with Gasteiger partial charge in [-0.2, -0.15) is 0 Å². The second kappa shape index (κ2) is 9.55. The van der Waals surface area contributed by atoms with E-state index in [1.54, 1.807) is 22.7 Å². The molecule has 0 radical (unpaired) electrons. The lowest BCUT2D eigenvalue weighted by molar-refractivity contribution is -0.000447. The average molecular weight is 503 g/mol. The molecule has 0 bridgehead atoms. The molecule has 10 heteroatoms. The molecule has 0 spiro atoms. The predicted octanol–water partition coefficient (Wildman–Crippen LogP) is 5.56. The molecule has 4 heterocycles. The van der Waals surface area contributed by atoms with E-state index in [4.69, 9.17) is 19.4 Å². The van der Waals surface area contributed by atoms with Crippen molar-refractivity contribution in [3.05, 3.63) is 58.5 Å². The summed E-state index contributed by atoms with van der Waals surface area (Å²) in [6.45, 7) is 5.00. The normalized spacial score (nSPS) is 23.2. The summed E-state index contributed by atoms with van der Waals surface area (Å²) < 4.78 is 19.4. The molecule has 4 aromatic rings. The number of morpholine rings is 2. The minimum atomic E-state index is 0.0365. The molecule has 2 aliphatic heterocycles. The van der Waals surface area contributed by atoms with Crippen LogP contribution in [0.1, 0.15) is 22.2 Å². The Labute approximate surface area is 202 Å². The van der Waals surface area contributed by atoms with Crippen LogP contribution >= 0.6 is 44.6 Å². The number of fused-ring (bicyclic) bond motifs is 2. The average Bonchev–Trinajstić information content (AvgIpc) is 3.48. The Bertz CT molecular complexity index is 1050. The van der Waals surface area contributed by atoms with Gasteiger partial charge in [0.1, 0.15) is 22.2 Å². The zero-order valence-corrected chi connectivity index (χ0v) is 20.5. The third kappa shape index (κ3) is 4.55. The number of thiazole rings is 2. The molecule has 2 atom stereocenters. The molecule has 2 fully saturated rings. The van der Waals surface area contributed by atoms with E-state index >= 15 is 0 Å². The highest BCUT2D eigenvalue weighted by Crippen LogP contribution is 2.39. The molecular formula is C22H22N4O2S4. The zero-order chi connectivity index (χ0) is 21.3. The van der Waals surface area contributed by atoms with Crippen molar-refractivity contribution in [3.63, 3.8) is 0 Å². The van der Waals surface area contributed by atoms with Crippen molar-refractivity contribution in [1.82, 2.24) is 18.6 Å². The van der Waals surface area contributed by atoms with Gasteiger partial charge in [-0.15, -0.1) is 22.7 Å². The van der Waals surface area contributed by atoms with E-state index in [0.29, 0.717) is 0 Å². The van der Waals surface area contributed by atoms with E-state index in [1.165, 1.54) is 9.40 Å². The second-order valence-electron chi connectivity index (χ2n) is 7.68. The molecule has 0 N–H and O–H groups in total. The Balaban J connectivity index is 1.06. The summed E-state index contributed by atoms with van der Waals surface area (Å²) in [7, 11) is 3.62. The number of benzene rings is 2. The third-order valence-electron chi connectivity index (χ3n) is 5.47. The van der Waals surface area contributed by atoms with Crippen LogP contribution in [0.15, 0.2) is 48.5 Å². The van der Waals surface area contributed by atoms with Gasteiger partial charge in [-0.1, -0.05) is 24.3 Å². The largest absolute Gasteiger partial charge is 0.368 e. The first kappa shape index (κ1) is 21.3. The topological polar surface area (TPSA) is 50.7 Å². The third-order valence-corrected chi connectivity index (χ3v) is 10.3. The molecule has 0 aliphatic carbocycles. The van der Waals surface area contributed by atoms with Crippen molar-refractivity contribution >= 4 is 65.1 Å². The lowest BCUT2D eigenvalue weighted by Gasteiger charge is -2.34. The van der Waals surface area contributed by atoms with Crippen molar-refractivity contribution in [2.45, 2.75) is 12.2 Å². The molecule has 6 rings (SSSR count). The molecular weight excluding hydrogens is 481 g/mol. The fourth-order valence-corrected chi connectivity index (χ4v) is 8.11. The van der Waals surface area contributed by atoms with Crippen LogP contribution in [-0.2, 0) is 9.47 Å². The summed E-state index contributed by atoms with van der Waals surface area (Å²) >= 11 is 3.48. The maximum absolute atomic E-state index is 6.06. The van der Waals surface area contributed by atoms with Gasteiger partial charge in [0.15, 0.2) is 0 Å². The fourth-order valence-electron chi connectivity index (χ4n) is 3.84. The number of hydrogen-bond donors (Lipinski definition) is 0. The summed E-state index contributed by atoms with van der Waals surface area (Å²) in [4.78, 5) is 9.60. The molecule has 2 unspecified atom stereocenters. The molecule has 0 saturated carbocycles. The molecule has 2 saturated heterocycles. The van der Waals surface area contributed by atoms with Gasteiger partial charge in [0.2, 0.25) is 0 Å². The quantitative estimate of drug-likeness (QED) is 0.260. The highest BCUT2D eigenvalue weighted by molar-refractivity contribution is 8.74. The summed E-state index contributed by atoms with van der Waals surface area (Å²) in [5, 5.41) is 2.15. The predicted molar refractivity (Wildman–Crippen MR) is 135 cm³/mol.